The predicted molar refractivity (Wildman–Crippen MR) is 59.8 cm³/mol. The second kappa shape index (κ2) is 6.63. The molecule has 0 atom stereocenters. The quantitative estimate of drug-likeness (QED) is 0.753. The lowest BCUT2D eigenvalue weighted by molar-refractivity contribution is -0.661. The average molecular weight is 299 g/mol. The highest BCUT2D eigenvalue weighted by Crippen LogP contribution is 2.31. The fourth-order valence-corrected chi connectivity index (χ4v) is 2.98. The van der Waals surface area contributed by atoms with Crippen molar-refractivity contribution in [2.75, 3.05) is 13.1 Å². The van der Waals surface area contributed by atoms with Crippen molar-refractivity contribution in [3.8, 4) is 0 Å². The lowest BCUT2D eigenvalue weighted by Crippen LogP contribution is -3.00. The normalized spacial score (nSPS) is 17.3. The van der Waals surface area contributed by atoms with Crippen LogP contribution in [0, 0.1) is 0 Å². The maximum Gasteiger partial charge on any atom is 0.433 e. The summed E-state index contributed by atoms with van der Waals surface area (Å²) in [6.07, 6.45) is -2.29. The van der Waals surface area contributed by atoms with Gasteiger partial charge < -0.3 is 17.7 Å². The summed E-state index contributed by atoms with van der Waals surface area (Å²) in [6, 6.07) is 4.09. The number of nitrogens with zero attached hydrogens (tertiary/aromatic N) is 1. The van der Waals surface area contributed by atoms with E-state index in [0.717, 1.165) is 32.0 Å². The van der Waals surface area contributed by atoms with E-state index in [-0.39, 0.29) is 12.4 Å². The molecule has 1 aromatic heterocycles. The van der Waals surface area contributed by atoms with E-state index in [9.17, 15) is 13.2 Å². The number of thioether (sulfide) groups is 1. The molecule has 0 unspecified atom stereocenters. The summed E-state index contributed by atoms with van der Waals surface area (Å²) in [6.45, 7) is 2.10. The second-order valence-corrected chi connectivity index (χ2v) is 5.36. The zero-order valence-electron chi connectivity index (χ0n) is 9.58. The van der Waals surface area contributed by atoms with Crippen LogP contribution in [0.1, 0.15) is 18.5 Å². The first kappa shape index (κ1) is 15.6. The maximum absolute atomic E-state index is 12.5. The molecule has 0 aromatic carbocycles. The topological polar surface area (TPSA) is 29.5 Å². The van der Waals surface area contributed by atoms with Crippen LogP contribution in [-0.2, 0) is 6.18 Å². The Morgan fingerprint density at radius 3 is 2.50 bits per heavy atom. The van der Waals surface area contributed by atoms with Crippen LogP contribution >= 0.6 is 11.8 Å². The smallest absolute Gasteiger partial charge is 0.433 e. The molecule has 1 fully saturated rings. The molecule has 0 amide bonds. The Labute approximate surface area is 114 Å². The van der Waals surface area contributed by atoms with E-state index in [4.69, 9.17) is 0 Å². The van der Waals surface area contributed by atoms with Gasteiger partial charge in [-0.05, 0) is 12.1 Å². The third-order valence-electron chi connectivity index (χ3n) is 2.69. The van der Waals surface area contributed by atoms with Crippen LogP contribution in [0.15, 0.2) is 23.2 Å². The molecule has 2 nitrogen and oxygen atoms in total. The van der Waals surface area contributed by atoms with Crippen molar-refractivity contribution in [3.05, 3.63) is 23.9 Å². The molecule has 0 saturated carbocycles. The van der Waals surface area contributed by atoms with Crippen molar-refractivity contribution >= 4 is 11.8 Å². The molecule has 0 aliphatic carbocycles. The Morgan fingerprint density at radius 2 is 1.89 bits per heavy atom. The van der Waals surface area contributed by atoms with Gasteiger partial charge in [-0.3, -0.25) is 0 Å². The van der Waals surface area contributed by atoms with Gasteiger partial charge >= 0.3 is 6.18 Å². The van der Waals surface area contributed by atoms with Crippen molar-refractivity contribution in [3.63, 3.8) is 0 Å². The number of pyridine rings is 1. The van der Waals surface area contributed by atoms with Crippen LogP contribution in [0.3, 0.4) is 0 Å². The minimum atomic E-state index is -4.35. The molecule has 1 saturated heterocycles. The van der Waals surface area contributed by atoms with Crippen molar-refractivity contribution in [1.82, 2.24) is 4.98 Å². The van der Waals surface area contributed by atoms with Gasteiger partial charge in [0.1, 0.15) is 5.69 Å². The fraction of sp³-hybridized carbons (Fsp3) is 0.545. The number of nitrogens with two attached hydrogens (primary N) is 1. The summed E-state index contributed by atoms with van der Waals surface area (Å²) >= 11 is 1.46. The molecule has 0 radical (unpaired) electrons. The number of halogens is 4. The van der Waals surface area contributed by atoms with E-state index >= 15 is 0 Å². The predicted octanol–water partition coefficient (Wildman–Crippen LogP) is -1.08. The molecular formula is C11H14ClF3N2S. The van der Waals surface area contributed by atoms with E-state index in [0.29, 0.717) is 10.3 Å². The van der Waals surface area contributed by atoms with Gasteiger partial charge in [-0.1, -0.05) is 6.07 Å². The molecule has 2 N–H and O–H groups in total. The van der Waals surface area contributed by atoms with Crippen LogP contribution in [0.4, 0.5) is 13.2 Å². The summed E-state index contributed by atoms with van der Waals surface area (Å²) < 4.78 is 37.4. The van der Waals surface area contributed by atoms with Gasteiger partial charge in [0, 0.05) is 18.1 Å². The summed E-state index contributed by atoms with van der Waals surface area (Å²) in [4.78, 5) is 3.67. The Kier molecular flexibility index (Phi) is 5.75. The van der Waals surface area contributed by atoms with Gasteiger partial charge in [-0.2, -0.15) is 13.2 Å². The first-order valence-electron chi connectivity index (χ1n) is 5.58. The molecular weight excluding hydrogens is 285 g/mol. The van der Waals surface area contributed by atoms with E-state index in [1.54, 1.807) is 6.07 Å². The van der Waals surface area contributed by atoms with Gasteiger partial charge in [-0.15, -0.1) is 11.8 Å². The minimum Gasteiger partial charge on any atom is -1.00 e. The number of hydrogen-bond acceptors (Lipinski definition) is 2. The minimum absolute atomic E-state index is 0. The van der Waals surface area contributed by atoms with Crippen molar-refractivity contribution in [1.29, 1.82) is 0 Å². The number of rotatable bonds is 2. The van der Waals surface area contributed by atoms with Gasteiger partial charge in [0.2, 0.25) is 0 Å². The van der Waals surface area contributed by atoms with Crippen LogP contribution in [0.25, 0.3) is 0 Å². The summed E-state index contributed by atoms with van der Waals surface area (Å²) in [5, 5.41) is 3.11. The number of piperidine rings is 1. The van der Waals surface area contributed by atoms with Crippen LogP contribution in [0.5, 0.6) is 0 Å². The number of alkyl halides is 3. The molecule has 18 heavy (non-hydrogen) atoms. The number of quaternary nitrogens is 1. The molecule has 2 rings (SSSR count). The fourth-order valence-electron chi connectivity index (χ4n) is 1.82. The van der Waals surface area contributed by atoms with Crippen LogP contribution in [-0.4, -0.2) is 23.3 Å². The highest BCUT2D eigenvalue weighted by Gasteiger charge is 2.32. The average Bonchev–Trinajstić information content (AvgIpc) is 2.29. The second-order valence-electron chi connectivity index (χ2n) is 4.04. The summed E-state index contributed by atoms with van der Waals surface area (Å²) in [7, 11) is 0. The van der Waals surface area contributed by atoms with Crippen LogP contribution < -0.4 is 17.7 Å². The number of hydrogen-bond donors (Lipinski definition) is 1. The van der Waals surface area contributed by atoms with Gasteiger partial charge in [-0.25, -0.2) is 4.98 Å². The Balaban J connectivity index is 0.00000162. The van der Waals surface area contributed by atoms with Gasteiger partial charge in [0.15, 0.2) is 0 Å². The first-order valence-corrected chi connectivity index (χ1v) is 6.46. The van der Waals surface area contributed by atoms with E-state index in [1.807, 2.05) is 0 Å². The van der Waals surface area contributed by atoms with Gasteiger partial charge in [0.25, 0.3) is 0 Å². The van der Waals surface area contributed by atoms with Crippen molar-refractivity contribution in [2.24, 2.45) is 0 Å². The number of aromatic nitrogens is 1. The third kappa shape index (κ3) is 4.33. The van der Waals surface area contributed by atoms with Crippen LogP contribution in [0.2, 0.25) is 0 Å². The molecule has 1 aromatic rings. The summed E-state index contributed by atoms with van der Waals surface area (Å²) in [5.74, 6) is 0. The molecule has 7 heteroatoms. The highest BCUT2D eigenvalue weighted by atomic mass is 35.5. The summed E-state index contributed by atoms with van der Waals surface area (Å²) in [5.41, 5.74) is -0.801. The Morgan fingerprint density at radius 1 is 1.22 bits per heavy atom. The van der Waals surface area contributed by atoms with E-state index in [2.05, 4.69) is 10.3 Å². The zero-order chi connectivity index (χ0) is 12.3. The molecule has 1 aliphatic rings. The maximum atomic E-state index is 12.5. The molecule has 102 valence electrons. The standard InChI is InChI=1S/C11H13F3N2S.ClH/c12-11(13,14)9-2-1-3-10(16-9)17-8-4-6-15-7-5-8;/h1-3,8,15H,4-7H2;1H. The van der Waals surface area contributed by atoms with E-state index in [1.165, 1.54) is 17.8 Å². The lowest BCUT2D eigenvalue weighted by atomic mass is 10.2. The van der Waals surface area contributed by atoms with Gasteiger partial charge in [0.05, 0.1) is 18.1 Å². The molecule has 2 heterocycles. The lowest BCUT2D eigenvalue weighted by Gasteiger charge is -2.19. The monoisotopic (exact) mass is 298 g/mol. The highest BCUT2D eigenvalue weighted by molar-refractivity contribution is 7.99. The van der Waals surface area contributed by atoms with Crippen molar-refractivity contribution < 1.29 is 30.9 Å². The Hall–Kier alpha value is -0.460. The SMILES string of the molecule is FC(F)(F)c1cccc(SC2CC[NH2+]CC2)n1.[Cl-]. The molecule has 0 bridgehead atoms. The largest absolute Gasteiger partial charge is 1.00 e. The van der Waals surface area contributed by atoms with Crippen molar-refractivity contribution in [2.45, 2.75) is 29.3 Å². The zero-order valence-corrected chi connectivity index (χ0v) is 11.2. The molecule has 1 aliphatic heterocycles. The molecule has 0 spiro atoms. The third-order valence-corrected chi connectivity index (χ3v) is 3.96. The first-order chi connectivity index (χ1) is 8.05. The Bertz CT molecular complexity index is 381. The van der Waals surface area contributed by atoms with E-state index < -0.39 is 11.9 Å².